The minimum Gasteiger partial charge on any atom is -0.464 e. The van der Waals surface area contributed by atoms with Crippen LogP contribution in [0.4, 0.5) is 0 Å². The van der Waals surface area contributed by atoms with E-state index in [4.69, 9.17) is 23.7 Å². The molecule has 0 aromatic heterocycles. The summed E-state index contributed by atoms with van der Waals surface area (Å²) in [5.41, 5.74) is 0. The van der Waals surface area contributed by atoms with E-state index in [2.05, 4.69) is 40.6 Å². The number of esters is 4. The predicted molar refractivity (Wildman–Crippen MR) is 529 cm³/mol. The largest absolute Gasteiger partial charge is 0.464 e. The minimum absolute atomic E-state index is 0.00984. The fourth-order valence-corrected chi connectivity index (χ4v) is 21.5. The van der Waals surface area contributed by atoms with Crippen molar-refractivity contribution in [2.75, 3.05) is 127 Å². The highest BCUT2D eigenvalue weighted by Crippen LogP contribution is 2.33. The summed E-state index contributed by atoms with van der Waals surface area (Å²) < 4.78 is 26.2. The Balaban J connectivity index is 0.000000336. The summed E-state index contributed by atoms with van der Waals surface area (Å²) in [7, 11) is 0. The van der Waals surface area contributed by atoms with Gasteiger partial charge in [-0.15, -0.1) is 40.5 Å². The summed E-state index contributed by atoms with van der Waals surface area (Å²) in [5, 5.41) is 47.4. The molecule has 0 spiro atoms. The van der Waals surface area contributed by atoms with Gasteiger partial charge >= 0.3 is 23.9 Å². The van der Waals surface area contributed by atoms with Gasteiger partial charge in [0, 0.05) is 108 Å². The van der Waals surface area contributed by atoms with Crippen LogP contribution in [0.25, 0.3) is 0 Å². The van der Waals surface area contributed by atoms with Crippen molar-refractivity contribution in [3.8, 4) is 0 Å². The lowest BCUT2D eigenvalue weighted by atomic mass is 9.88. The summed E-state index contributed by atoms with van der Waals surface area (Å²) in [6, 6.07) is -5.11. The molecule has 0 radical (unpaired) electrons. The predicted octanol–water partition coefficient (Wildman–Crippen LogP) is 9.54. The van der Waals surface area contributed by atoms with Crippen molar-refractivity contribution < 1.29 is 140 Å². The van der Waals surface area contributed by atoms with Crippen molar-refractivity contribution in [3.05, 3.63) is 40.5 Å². The Morgan fingerprint density at radius 2 is 0.510 bits per heavy atom. The first kappa shape index (κ1) is 124. The van der Waals surface area contributed by atoms with Crippen molar-refractivity contribution >= 4 is 150 Å². The highest BCUT2D eigenvalue weighted by Gasteiger charge is 2.43. The number of amides is 8. The standard InChI is InChI=1S/C24H39N3O8S.C23H37N3O9S.C23H37N3O8S2.C23H37N3O8S/c1-17(16-36-24(31)18(2)25-21(28)19-10-5-3-6-11-19)22(29)26-13-9-12-20(26)23(30)34-14-7-4-8-15-35-27(32)33;1-16(15-36-23(30)17(2)24-20(27)18-7-4-3-5-8-18)21(28)25-10-6-9-19(25)22(29)34-13-11-33-12-14-35-26(31)32;1-16(15-36-23(30)17(2)24-20(27)18-7-4-3-5-8-18)21(28)25-10-6-9-19(25)22(29)33-11-13-35-14-12-34-26(31)32;1-16(15-35-23(30)17(2)24-20(27)18-9-4-3-5-10-18)21(28)25-12-8-11-19(25)22(29)33-13-6-7-14-34-26(31)32/h17-20H,3-16H2,1-2H3,(H,25,28);2*16-19H,3-15H2,1-2H3,(H,24,27);16-19H,3-15H2,1-2H3,(H,24,27). The third-order valence-electron chi connectivity index (χ3n) is 25.6. The number of nitrogens with one attached hydrogen (secondary N) is 4. The molecule has 8 amide bonds. The minimum atomic E-state index is -0.916. The SMILES string of the molecule is CC(CSC(=O)C(C)NC(=O)C1CCCCC1)C(=O)N1CCCC1C(=O)OCCCCCO[N+](=O)[O-].CC(CSC(=O)C(C)NC(=O)C1CCCCC1)C(=O)N1CCCC1C(=O)OCCCCO[N+](=O)[O-].CC(CSC(=O)C(C)NC(=O)C1CCCCC1)C(=O)N1CCCC1C(=O)OCCOCCO[N+](=O)[O-].CC(CSC(=O)C(C)NC(=O)C1CCCCC1)C(=O)N1CCCC1C(=O)OCCSCCO[N+](=O)[O-]. The molecule has 0 aromatic carbocycles. The van der Waals surface area contributed by atoms with Crippen molar-refractivity contribution in [3.63, 3.8) is 0 Å². The Kier molecular flexibility index (Phi) is 60.7. The van der Waals surface area contributed by atoms with Gasteiger partial charge in [-0.05, 0) is 163 Å². The van der Waals surface area contributed by atoms with Crippen LogP contribution in [0.15, 0.2) is 0 Å². The molecule has 4 aliphatic carbocycles. The zero-order valence-corrected chi connectivity index (χ0v) is 87.9. The van der Waals surface area contributed by atoms with Gasteiger partial charge in [0.2, 0.25) is 67.7 Å². The van der Waals surface area contributed by atoms with Gasteiger partial charge in [0.25, 0.3) is 20.3 Å². The second-order valence-electron chi connectivity index (χ2n) is 37.0. The molecule has 4 saturated carbocycles. The molecule has 50 heteroatoms. The van der Waals surface area contributed by atoms with E-state index >= 15 is 0 Å². The van der Waals surface area contributed by atoms with Crippen molar-refractivity contribution in [1.29, 1.82) is 0 Å². The summed E-state index contributed by atoms with van der Waals surface area (Å²) in [6.45, 7) is 15.5. The van der Waals surface area contributed by atoms with Crippen LogP contribution >= 0.6 is 58.8 Å². The highest BCUT2D eigenvalue weighted by molar-refractivity contribution is 8.14. The third-order valence-corrected chi connectivity index (χ3v) is 31.7. The molecular weight excluding hydrogens is 1970 g/mol. The first-order valence-electron chi connectivity index (χ1n) is 50.3. The van der Waals surface area contributed by atoms with Crippen molar-refractivity contribution in [2.24, 2.45) is 47.3 Å². The number of thioether (sulfide) groups is 5. The maximum atomic E-state index is 13.0. The molecule has 12 atom stereocenters. The molecule has 810 valence electrons. The molecule has 0 bridgehead atoms. The van der Waals surface area contributed by atoms with Gasteiger partial charge in [0.15, 0.2) is 0 Å². The van der Waals surface area contributed by atoms with Gasteiger partial charge in [0.1, 0.15) is 50.6 Å². The van der Waals surface area contributed by atoms with Crippen LogP contribution in [0.3, 0.4) is 0 Å². The van der Waals surface area contributed by atoms with Crippen LogP contribution in [0.2, 0.25) is 0 Å². The molecule has 4 aliphatic heterocycles. The zero-order valence-electron chi connectivity index (χ0n) is 83.8. The molecule has 45 nitrogen and oxygen atoms in total. The first-order chi connectivity index (χ1) is 68.3. The maximum Gasteiger partial charge on any atom is 0.328 e. The fourth-order valence-electron chi connectivity index (χ4n) is 17.4. The van der Waals surface area contributed by atoms with Crippen LogP contribution in [0.1, 0.15) is 267 Å². The second kappa shape index (κ2) is 69.8. The molecule has 8 fully saturated rings. The Bertz CT molecular complexity index is 3790. The topological polar surface area (TPSA) is 590 Å². The average Bonchev–Trinajstić information content (AvgIpc) is 1.72. The highest BCUT2D eigenvalue weighted by atomic mass is 32.2. The number of ether oxygens (including phenoxy) is 5. The maximum absolute atomic E-state index is 13.0. The molecule has 12 unspecified atom stereocenters. The number of unbranched alkanes of at least 4 members (excludes halogenated alkanes) is 3. The second-order valence-corrected chi connectivity index (χ2v) is 42.4. The Morgan fingerprint density at radius 3 is 0.797 bits per heavy atom. The van der Waals surface area contributed by atoms with Crippen LogP contribution < -0.4 is 21.3 Å². The zero-order chi connectivity index (χ0) is 105. The van der Waals surface area contributed by atoms with E-state index in [-0.39, 0.29) is 180 Å². The van der Waals surface area contributed by atoms with Gasteiger partial charge in [-0.3, -0.25) is 57.5 Å². The number of rotatable bonds is 55. The lowest BCUT2D eigenvalue weighted by Crippen LogP contribution is -2.45. The lowest BCUT2D eigenvalue weighted by Gasteiger charge is -2.26. The van der Waals surface area contributed by atoms with Crippen LogP contribution in [-0.4, -0.2) is 307 Å². The Hall–Kier alpha value is -9.17. The number of nitrogens with zero attached hydrogens (tertiary/aromatic N) is 8. The monoisotopic (exact) mass is 2120 g/mol. The quantitative estimate of drug-likeness (QED) is 0.0145. The van der Waals surface area contributed by atoms with E-state index < -0.39 is 116 Å². The van der Waals surface area contributed by atoms with Crippen molar-refractivity contribution in [2.45, 2.75) is 316 Å². The van der Waals surface area contributed by atoms with Gasteiger partial charge in [-0.1, -0.05) is 152 Å². The van der Waals surface area contributed by atoms with Crippen LogP contribution in [-0.2, 0) is 120 Å². The normalized spacial score (nSPS) is 19.9. The Labute approximate surface area is 856 Å². The number of hydrogen-bond donors (Lipinski definition) is 4. The summed E-state index contributed by atoms with van der Waals surface area (Å²) >= 11 is 5.47. The van der Waals surface area contributed by atoms with Gasteiger partial charge in [-0.25, -0.2) is 19.2 Å². The molecule has 8 rings (SSSR count). The molecule has 8 aliphatic rings. The third kappa shape index (κ3) is 47.9. The molecule has 4 saturated heterocycles. The van der Waals surface area contributed by atoms with Gasteiger partial charge in [0.05, 0.1) is 63.8 Å². The smallest absolute Gasteiger partial charge is 0.328 e. The van der Waals surface area contributed by atoms with Gasteiger partial charge in [-0.2, -0.15) is 11.8 Å². The van der Waals surface area contributed by atoms with E-state index in [0.29, 0.717) is 121 Å². The van der Waals surface area contributed by atoms with Gasteiger partial charge < -0.3 is 83.9 Å². The molecule has 4 N–H and O–H groups in total. The summed E-state index contributed by atoms with van der Waals surface area (Å²) in [4.78, 5) is 265. The lowest BCUT2D eigenvalue weighted by molar-refractivity contribution is -0.758. The van der Waals surface area contributed by atoms with E-state index in [1.807, 2.05) is 0 Å². The molecule has 143 heavy (non-hydrogen) atoms. The van der Waals surface area contributed by atoms with E-state index in [0.717, 1.165) is 175 Å². The Morgan fingerprint density at radius 1 is 0.280 bits per heavy atom. The molecule has 4 heterocycles. The summed E-state index contributed by atoms with van der Waals surface area (Å²) in [5.74, 6) is -3.07. The van der Waals surface area contributed by atoms with E-state index in [9.17, 15) is 117 Å². The van der Waals surface area contributed by atoms with Crippen LogP contribution in [0.5, 0.6) is 0 Å². The molecule has 0 aromatic rings. The van der Waals surface area contributed by atoms with Crippen LogP contribution in [0, 0.1) is 87.8 Å². The number of carbonyl (C=O) groups is 16. The van der Waals surface area contributed by atoms with E-state index in [1.54, 1.807) is 55.4 Å². The first-order valence-corrected chi connectivity index (χ1v) is 55.4. The average molecular weight is 2120 g/mol. The number of carbonyl (C=O) groups excluding carboxylic acids is 16. The van der Waals surface area contributed by atoms with E-state index in [1.165, 1.54) is 31.4 Å². The van der Waals surface area contributed by atoms with Crippen molar-refractivity contribution in [1.82, 2.24) is 40.9 Å². The molecular formula is C93H150N12O33S5. The number of hydrogen-bond acceptors (Lipinski definition) is 38. The fraction of sp³-hybridized carbons (Fsp3) is 0.828. The number of likely N-dealkylation sites (tertiary alicyclic amines) is 4. The summed E-state index contributed by atoms with van der Waals surface area (Å²) in [6.07, 6.45) is 27.1.